The molecule has 0 aliphatic rings. The maximum absolute atomic E-state index is 14.5. The predicted molar refractivity (Wildman–Crippen MR) is 298 cm³/mol. The fourth-order valence-electron chi connectivity index (χ4n) is 10.8. The molecule has 0 saturated heterocycles. The molecule has 0 aliphatic heterocycles. The Morgan fingerprint density at radius 1 is 0.351 bits per heavy atom. The van der Waals surface area contributed by atoms with Crippen molar-refractivity contribution in [3.63, 3.8) is 0 Å². The number of para-hydroxylation sites is 4. The Kier molecular flexibility index (Phi) is 13.1. The lowest BCUT2D eigenvalue weighted by molar-refractivity contribution is 0.102. The zero-order valence-corrected chi connectivity index (χ0v) is 41.7. The number of halogens is 4. The minimum absolute atomic E-state index is 0.205. The van der Waals surface area contributed by atoms with E-state index in [0.29, 0.717) is 37.2 Å². The molecule has 0 aliphatic carbocycles. The second-order valence-electron chi connectivity index (χ2n) is 19.4. The van der Waals surface area contributed by atoms with E-state index in [9.17, 15) is 27.2 Å². The third-order valence-corrected chi connectivity index (χ3v) is 14.6. The standard InChI is InChI=1S/C68H48F4N2O3/c69-55-21-11-22-56(70)65(55)67(75)45-33-29-43(30-34-45)13-9-15-47-41-49(73-59-25-5-1-17-51(59)52-18-2-6-26-60(52)73)37-39-63(47)77-64-40-38-50(74-61-27-7-3-19-53(61)54-20-4-8-28-62(54)74)42-48(64)16-10-14-44-31-35-46(36-32-44)68(76)66-57(71)23-12-24-58(66)72/h1-8,11-12,17-42H,9-10,13-16H2. The Balaban J connectivity index is 0.882. The molecule has 0 N–H and O–H groups in total. The number of hydrogen-bond acceptors (Lipinski definition) is 3. The molecule has 0 fully saturated rings. The number of fused-ring (bicyclic) bond motifs is 6. The van der Waals surface area contributed by atoms with E-state index < -0.39 is 46.0 Å². The normalized spacial score (nSPS) is 11.5. The van der Waals surface area contributed by atoms with Crippen molar-refractivity contribution in [2.75, 3.05) is 0 Å². The van der Waals surface area contributed by atoms with Gasteiger partial charge in [0.2, 0.25) is 0 Å². The SMILES string of the molecule is O=C(c1ccc(CCCc2cc(-n3c4ccccc4c4ccccc43)ccc2Oc2ccc(-n3c4ccccc4c4ccccc43)cc2CCCc2ccc(C(=O)c3c(F)cccc3F)cc2)cc1)c1c(F)cccc1F. The highest BCUT2D eigenvalue weighted by molar-refractivity contribution is 6.11. The molecule has 0 radical (unpaired) electrons. The maximum atomic E-state index is 14.5. The number of ketones is 2. The molecule has 2 heterocycles. The van der Waals surface area contributed by atoms with E-state index in [1.165, 1.54) is 12.1 Å². The Morgan fingerprint density at radius 3 is 1.01 bits per heavy atom. The summed E-state index contributed by atoms with van der Waals surface area (Å²) in [5.41, 5.74) is 9.52. The first-order valence-electron chi connectivity index (χ1n) is 25.7. The van der Waals surface area contributed by atoms with Crippen LogP contribution in [0.4, 0.5) is 17.6 Å². The van der Waals surface area contributed by atoms with E-state index in [4.69, 9.17) is 4.74 Å². The van der Waals surface area contributed by atoms with Gasteiger partial charge in [-0.2, -0.15) is 0 Å². The van der Waals surface area contributed by atoms with E-state index in [1.807, 2.05) is 24.3 Å². The van der Waals surface area contributed by atoms with Crippen molar-refractivity contribution in [1.29, 1.82) is 0 Å². The van der Waals surface area contributed by atoms with E-state index in [2.05, 4.69) is 143 Å². The number of carbonyl (C=O) groups is 2. The van der Waals surface area contributed by atoms with Crippen molar-refractivity contribution < 1.29 is 31.9 Å². The molecular weight excluding hydrogens is 969 g/mol. The number of ether oxygens (including phenoxy) is 1. The number of carbonyl (C=O) groups excluding carboxylic acids is 2. The molecule has 0 saturated carbocycles. The third kappa shape index (κ3) is 9.35. The Bertz CT molecular complexity index is 3810. The summed E-state index contributed by atoms with van der Waals surface area (Å²) in [6, 6.07) is 67.0. The summed E-state index contributed by atoms with van der Waals surface area (Å²) in [4.78, 5) is 26.3. The minimum Gasteiger partial charge on any atom is -0.457 e. The van der Waals surface area contributed by atoms with Crippen LogP contribution in [0.5, 0.6) is 11.5 Å². The molecule has 2 aromatic heterocycles. The van der Waals surface area contributed by atoms with Crippen molar-refractivity contribution in [1.82, 2.24) is 9.13 Å². The van der Waals surface area contributed by atoms with Crippen LogP contribution in [0.2, 0.25) is 0 Å². The van der Waals surface area contributed by atoms with Gasteiger partial charge < -0.3 is 13.9 Å². The molecule has 9 heteroatoms. The molecule has 0 unspecified atom stereocenters. The van der Waals surface area contributed by atoms with Gasteiger partial charge in [-0.05, 0) is 146 Å². The first-order valence-corrected chi connectivity index (χ1v) is 25.7. The number of benzene rings is 10. The molecule has 0 atom stereocenters. The number of aryl methyl sites for hydroxylation is 4. The maximum Gasteiger partial charge on any atom is 0.198 e. The van der Waals surface area contributed by atoms with E-state index in [0.717, 1.165) is 114 Å². The molecule has 0 spiro atoms. The zero-order chi connectivity index (χ0) is 52.6. The molecule has 12 rings (SSSR count). The summed E-state index contributed by atoms with van der Waals surface area (Å²) < 4.78 is 69.9. The van der Waals surface area contributed by atoms with Crippen LogP contribution in [0.1, 0.15) is 66.9 Å². The van der Waals surface area contributed by atoms with Crippen LogP contribution < -0.4 is 4.74 Å². The average molecular weight is 1020 g/mol. The van der Waals surface area contributed by atoms with Gasteiger partial charge in [0.25, 0.3) is 0 Å². The molecular formula is C68H48F4N2O3. The lowest BCUT2D eigenvalue weighted by Crippen LogP contribution is -2.07. The van der Waals surface area contributed by atoms with Gasteiger partial charge in [0, 0.05) is 44.0 Å². The van der Waals surface area contributed by atoms with Gasteiger partial charge in [-0.25, -0.2) is 17.6 Å². The third-order valence-electron chi connectivity index (χ3n) is 14.6. The van der Waals surface area contributed by atoms with Gasteiger partial charge in [0.15, 0.2) is 11.6 Å². The van der Waals surface area contributed by atoms with Crippen LogP contribution >= 0.6 is 0 Å². The summed E-state index contributed by atoms with van der Waals surface area (Å²) in [5, 5.41) is 4.61. The van der Waals surface area contributed by atoms with Crippen LogP contribution in [0, 0.1) is 23.3 Å². The Hall–Kier alpha value is -9.34. The molecule has 10 aromatic carbocycles. The monoisotopic (exact) mass is 1020 g/mol. The predicted octanol–water partition coefficient (Wildman–Crippen LogP) is 17.0. The summed E-state index contributed by atoms with van der Waals surface area (Å²) in [6.07, 6.45) is 4.05. The van der Waals surface area contributed by atoms with Crippen molar-refractivity contribution in [2.45, 2.75) is 38.5 Å². The van der Waals surface area contributed by atoms with Gasteiger partial charge in [-0.3, -0.25) is 9.59 Å². The van der Waals surface area contributed by atoms with E-state index in [1.54, 1.807) is 24.3 Å². The summed E-state index contributed by atoms with van der Waals surface area (Å²) in [5.74, 6) is -3.58. The number of nitrogens with zero attached hydrogens (tertiary/aromatic N) is 2. The molecule has 12 aromatic rings. The van der Waals surface area contributed by atoms with Gasteiger partial charge >= 0.3 is 0 Å². The second kappa shape index (κ2) is 20.8. The van der Waals surface area contributed by atoms with Crippen molar-refractivity contribution in [2.24, 2.45) is 0 Å². The van der Waals surface area contributed by atoms with Crippen LogP contribution in [-0.2, 0) is 25.7 Å². The Morgan fingerprint density at radius 2 is 0.675 bits per heavy atom. The van der Waals surface area contributed by atoms with E-state index >= 15 is 0 Å². The van der Waals surface area contributed by atoms with Crippen molar-refractivity contribution in [3.8, 4) is 22.9 Å². The molecule has 0 amide bonds. The number of aromatic nitrogens is 2. The van der Waals surface area contributed by atoms with Gasteiger partial charge in [-0.1, -0.05) is 133 Å². The second-order valence-corrected chi connectivity index (χ2v) is 19.4. The summed E-state index contributed by atoms with van der Waals surface area (Å²) >= 11 is 0. The van der Waals surface area contributed by atoms with E-state index in [-0.39, 0.29) is 11.1 Å². The fraction of sp³-hybridized carbons (Fsp3) is 0.0882. The van der Waals surface area contributed by atoms with Crippen LogP contribution in [-0.4, -0.2) is 20.7 Å². The van der Waals surface area contributed by atoms with Crippen LogP contribution in [0.15, 0.2) is 218 Å². The molecule has 376 valence electrons. The largest absolute Gasteiger partial charge is 0.457 e. The first kappa shape index (κ1) is 48.6. The Labute approximate surface area is 441 Å². The van der Waals surface area contributed by atoms with Crippen molar-refractivity contribution in [3.05, 3.63) is 286 Å². The highest BCUT2D eigenvalue weighted by Crippen LogP contribution is 2.38. The topological polar surface area (TPSA) is 53.2 Å². The van der Waals surface area contributed by atoms with Gasteiger partial charge in [0.1, 0.15) is 34.8 Å². The highest BCUT2D eigenvalue weighted by atomic mass is 19.1. The highest BCUT2D eigenvalue weighted by Gasteiger charge is 2.22. The summed E-state index contributed by atoms with van der Waals surface area (Å²) in [6.45, 7) is 0. The fourth-order valence-corrected chi connectivity index (χ4v) is 10.8. The minimum atomic E-state index is -0.896. The first-order chi connectivity index (χ1) is 37.7. The smallest absolute Gasteiger partial charge is 0.198 e. The van der Waals surface area contributed by atoms with Crippen LogP contribution in [0.25, 0.3) is 55.0 Å². The molecule has 77 heavy (non-hydrogen) atoms. The zero-order valence-electron chi connectivity index (χ0n) is 41.7. The lowest BCUT2D eigenvalue weighted by Gasteiger charge is -2.18. The van der Waals surface area contributed by atoms with Crippen molar-refractivity contribution >= 4 is 55.2 Å². The quantitative estimate of drug-likeness (QED) is 0.0716. The van der Waals surface area contributed by atoms with Gasteiger partial charge in [0.05, 0.1) is 33.2 Å². The average Bonchev–Trinajstić information content (AvgIpc) is 3.98. The number of hydrogen-bond donors (Lipinski definition) is 0. The van der Waals surface area contributed by atoms with Gasteiger partial charge in [-0.15, -0.1) is 0 Å². The molecule has 0 bridgehead atoms. The lowest BCUT2D eigenvalue weighted by atomic mass is 9.98. The molecule has 5 nitrogen and oxygen atoms in total. The number of rotatable bonds is 16. The summed E-state index contributed by atoms with van der Waals surface area (Å²) in [7, 11) is 0. The van der Waals surface area contributed by atoms with Crippen LogP contribution in [0.3, 0.4) is 0 Å².